The minimum absolute atomic E-state index is 0.0162. The fraction of sp³-hybridized carbons (Fsp3) is 0.308. The summed E-state index contributed by atoms with van der Waals surface area (Å²) in [5, 5.41) is 7.27. The molecule has 1 amide bonds. The number of nitrogens with zero attached hydrogens (tertiary/aromatic N) is 2. The second-order valence-corrected chi connectivity index (χ2v) is 7.15. The Balaban J connectivity index is 1.99. The number of rotatable bonds is 4. The van der Waals surface area contributed by atoms with Gasteiger partial charge >= 0.3 is 0 Å². The van der Waals surface area contributed by atoms with E-state index < -0.39 is 0 Å². The van der Waals surface area contributed by atoms with Crippen LogP contribution in [0.15, 0.2) is 18.2 Å². The van der Waals surface area contributed by atoms with Crippen LogP contribution in [0.3, 0.4) is 0 Å². The summed E-state index contributed by atoms with van der Waals surface area (Å²) >= 11 is 7.89. The fourth-order valence-corrected chi connectivity index (χ4v) is 4.34. The zero-order valence-electron chi connectivity index (χ0n) is 11.9. The lowest BCUT2D eigenvalue weighted by molar-refractivity contribution is -0.115. The smallest absolute Gasteiger partial charge is 0.240 e. The van der Waals surface area contributed by atoms with Crippen molar-refractivity contribution in [1.29, 1.82) is 0 Å². The molecular formula is C13H13N3O3S3. The predicted molar refractivity (Wildman–Crippen MR) is 89.5 cm³/mol. The number of aromatic nitrogens is 2. The van der Waals surface area contributed by atoms with Crippen LogP contribution in [-0.2, 0) is 4.79 Å². The predicted octanol–water partition coefficient (Wildman–Crippen LogP) is 3.00. The summed E-state index contributed by atoms with van der Waals surface area (Å²) in [6.07, 6.45) is 0. The molecule has 0 spiro atoms. The van der Waals surface area contributed by atoms with E-state index in [9.17, 15) is 4.79 Å². The van der Waals surface area contributed by atoms with Gasteiger partial charge in [-0.25, -0.2) is 0 Å². The second-order valence-electron chi connectivity index (χ2n) is 4.44. The Hall–Kier alpha value is -1.58. The molecule has 6 nitrogen and oxygen atoms in total. The maximum Gasteiger partial charge on any atom is 0.240 e. The number of benzene rings is 1. The lowest BCUT2D eigenvalue weighted by Gasteiger charge is -2.21. The monoisotopic (exact) mass is 355 g/mol. The molecule has 0 radical (unpaired) electrons. The molecule has 1 aliphatic heterocycles. The molecule has 1 aliphatic rings. The molecule has 1 atom stereocenters. The van der Waals surface area contributed by atoms with Crippen LogP contribution in [0.25, 0.3) is 0 Å². The van der Waals surface area contributed by atoms with Gasteiger partial charge in [0.25, 0.3) is 0 Å². The van der Waals surface area contributed by atoms with Crippen molar-refractivity contribution in [3.8, 4) is 11.5 Å². The standard InChI is InChI=1S/C13H13N3O3S3/c1-18-8-4-3-7(5-9(8)19-2)11-16(10(17)6-21-11)12-14-15-13(20)22-12/h3-5,11H,6H2,1-2H3,(H,15,20). The van der Waals surface area contributed by atoms with Crippen LogP contribution in [0.2, 0.25) is 0 Å². The zero-order chi connectivity index (χ0) is 15.7. The minimum atomic E-state index is -0.152. The van der Waals surface area contributed by atoms with E-state index in [0.29, 0.717) is 26.3 Å². The summed E-state index contributed by atoms with van der Waals surface area (Å²) in [5.41, 5.74) is 0.953. The van der Waals surface area contributed by atoms with Gasteiger partial charge in [0.2, 0.25) is 11.0 Å². The van der Waals surface area contributed by atoms with Crippen LogP contribution >= 0.6 is 35.3 Å². The Kier molecular flexibility index (Phi) is 4.37. The zero-order valence-corrected chi connectivity index (χ0v) is 14.3. The molecule has 1 saturated heterocycles. The van der Waals surface area contributed by atoms with Crippen molar-refractivity contribution < 1.29 is 14.3 Å². The number of carbonyl (C=O) groups is 1. The molecule has 1 fully saturated rings. The normalized spacial score (nSPS) is 17.8. The first kappa shape index (κ1) is 15.3. The molecule has 0 saturated carbocycles. The van der Waals surface area contributed by atoms with Crippen molar-refractivity contribution in [2.75, 3.05) is 24.9 Å². The lowest BCUT2D eigenvalue weighted by atomic mass is 10.2. The Morgan fingerprint density at radius 2 is 2.14 bits per heavy atom. The molecule has 1 aromatic carbocycles. The van der Waals surface area contributed by atoms with Crippen LogP contribution in [0.1, 0.15) is 10.9 Å². The number of amides is 1. The molecule has 116 valence electrons. The van der Waals surface area contributed by atoms with Gasteiger partial charge in [0.15, 0.2) is 15.5 Å². The van der Waals surface area contributed by atoms with E-state index in [1.165, 1.54) is 11.3 Å². The van der Waals surface area contributed by atoms with Crippen LogP contribution in [0.4, 0.5) is 5.13 Å². The van der Waals surface area contributed by atoms with Gasteiger partial charge in [-0.3, -0.25) is 14.8 Å². The van der Waals surface area contributed by atoms with Crippen molar-refractivity contribution >= 4 is 46.4 Å². The maximum absolute atomic E-state index is 12.2. The molecule has 2 heterocycles. The average Bonchev–Trinajstić information content (AvgIpc) is 3.12. The van der Waals surface area contributed by atoms with Crippen molar-refractivity contribution in [3.63, 3.8) is 0 Å². The number of aromatic amines is 1. The third-order valence-electron chi connectivity index (χ3n) is 3.19. The number of nitrogens with one attached hydrogen (secondary N) is 1. The van der Waals surface area contributed by atoms with E-state index in [1.807, 2.05) is 18.2 Å². The van der Waals surface area contributed by atoms with Gasteiger partial charge in [0, 0.05) is 0 Å². The van der Waals surface area contributed by atoms with Crippen LogP contribution < -0.4 is 14.4 Å². The molecule has 2 aromatic rings. The molecule has 0 aliphatic carbocycles. The highest BCUT2D eigenvalue weighted by Gasteiger charge is 2.36. The highest BCUT2D eigenvalue weighted by Crippen LogP contribution is 2.44. The molecular weight excluding hydrogens is 342 g/mol. The third-order valence-corrected chi connectivity index (χ3v) is 5.49. The summed E-state index contributed by atoms with van der Waals surface area (Å²) in [7, 11) is 3.18. The molecule has 1 N–H and O–H groups in total. The molecule has 1 unspecified atom stereocenters. The second kappa shape index (κ2) is 6.27. The number of methoxy groups -OCH3 is 2. The van der Waals surface area contributed by atoms with Crippen molar-refractivity contribution in [3.05, 3.63) is 27.7 Å². The molecule has 22 heavy (non-hydrogen) atoms. The Morgan fingerprint density at radius 3 is 2.77 bits per heavy atom. The van der Waals surface area contributed by atoms with E-state index in [2.05, 4.69) is 10.2 Å². The van der Waals surface area contributed by atoms with Crippen LogP contribution in [0.5, 0.6) is 11.5 Å². The van der Waals surface area contributed by atoms with E-state index in [1.54, 1.807) is 30.9 Å². The summed E-state index contributed by atoms with van der Waals surface area (Å²) < 4.78 is 11.1. The minimum Gasteiger partial charge on any atom is -0.493 e. The van der Waals surface area contributed by atoms with Crippen molar-refractivity contribution in [2.45, 2.75) is 5.37 Å². The SMILES string of the molecule is COc1ccc(C2SCC(=O)N2c2n[nH]c(=S)s2)cc1OC. The van der Waals surface area contributed by atoms with Gasteiger partial charge in [0.05, 0.1) is 20.0 Å². The first-order valence-corrected chi connectivity index (χ1v) is 8.62. The van der Waals surface area contributed by atoms with E-state index in [0.717, 1.165) is 5.56 Å². The molecule has 3 rings (SSSR count). The highest BCUT2D eigenvalue weighted by atomic mass is 32.2. The highest BCUT2D eigenvalue weighted by molar-refractivity contribution is 8.00. The van der Waals surface area contributed by atoms with Gasteiger partial charge in [-0.2, -0.15) is 0 Å². The lowest BCUT2D eigenvalue weighted by Crippen LogP contribution is -2.27. The summed E-state index contributed by atoms with van der Waals surface area (Å²) in [5.74, 6) is 1.71. The largest absolute Gasteiger partial charge is 0.493 e. The maximum atomic E-state index is 12.2. The summed E-state index contributed by atoms with van der Waals surface area (Å²) in [6, 6.07) is 5.65. The molecule has 1 aromatic heterocycles. The quantitative estimate of drug-likeness (QED) is 0.851. The van der Waals surface area contributed by atoms with E-state index >= 15 is 0 Å². The summed E-state index contributed by atoms with van der Waals surface area (Å²) in [6.45, 7) is 0. The van der Waals surface area contributed by atoms with Gasteiger partial charge < -0.3 is 9.47 Å². The number of hydrogen-bond acceptors (Lipinski definition) is 7. The first-order valence-electron chi connectivity index (χ1n) is 6.35. The van der Waals surface area contributed by atoms with Crippen molar-refractivity contribution in [2.24, 2.45) is 0 Å². The number of anilines is 1. The Morgan fingerprint density at radius 1 is 1.36 bits per heavy atom. The van der Waals surface area contributed by atoms with Crippen LogP contribution in [0, 0.1) is 3.95 Å². The third kappa shape index (κ3) is 2.71. The number of ether oxygens (including phenoxy) is 2. The first-order chi connectivity index (χ1) is 10.6. The number of H-pyrrole nitrogens is 1. The Labute approximate surface area is 140 Å². The average molecular weight is 355 g/mol. The van der Waals surface area contributed by atoms with E-state index in [-0.39, 0.29) is 11.3 Å². The van der Waals surface area contributed by atoms with Crippen LogP contribution in [-0.4, -0.2) is 36.1 Å². The Bertz CT molecular complexity index is 758. The molecule has 9 heteroatoms. The van der Waals surface area contributed by atoms with Gasteiger partial charge in [-0.15, -0.1) is 16.9 Å². The summed E-state index contributed by atoms with van der Waals surface area (Å²) in [4.78, 5) is 13.9. The number of hydrogen-bond donors (Lipinski definition) is 1. The topological polar surface area (TPSA) is 67.5 Å². The van der Waals surface area contributed by atoms with Gasteiger partial charge in [0.1, 0.15) is 5.37 Å². The van der Waals surface area contributed by atoms with Gasteiger partial charge in [-0.1, -0.05) is 17.4 Å². The van der Waals surface area contributed by atoms with Gasteiger partial charge in [-0.05, 0) is 29.9 Å². The molecule has 0 bridgehead atoms. The van der Waals surface area contributed by atoms with Crippen molar-refractivity contribution in [1.82, 2.24) is 10.2 Å². The number of thioether (sulfide) groups is 1. The van der Waals surface area contributed by atoms with E-state index in [4.69, 9.17) is 21.7 Å². The number of carbonyl (C=O) groups excluding carboxylic acids is 1. The fourth-order valence-electron chi connectivity index (χ4n) is 2.21.